The molecule has 17 heavy (non-hydrogen) atoms. The number of alkyl halides is 2. The number of carbonyl (C=O) groups excluding carboxylic acids is 1. The molecule has 0 aromatic heterocycles. The molecule has 1 aliphatic rings. The fourth-order valence-electron chi connectivity index (χ4n) is 2.19. The largest absolute Gasteiger partial charge is 0.390 e. The summed E-state index contributed by atoms with van der Waals surface area (Å²) in [6.07, 6.45) is 3.02. The second-order valence-corrected chi connectivity index (χ2v) is 4.56. The summed E-state index contributed by atoms with van der Waals surface area (Å²) in [7, 11) is 0. The van der Waals surface area contributed by atoms with Crippen molar-refractivity contribution in [1.82, 2.24) is 10.6 Å². The molecule has 6 heteroatoms. The zero-order valence-electron chi connectivity index (χ0n) is 10.1. The van der Waals surface area contributed by atoms with Crippen LogP contribution < -0.4 is 10.6 Å². The molecule has 3 N–H and O–H groups in total. The highest BCUT2D eigenvalue weighted by atomic mass is 19.3. The summed E-state index contributed by atoms with van der Waals surface area (Å²) in [6.45, 7) is 0.637. The number of hydrogen-bond acceptors (Lipinski definition) is 3. The maximum Gasteiger partial charge on any atom is 0.287 e. The normalized spacial score (nSPS) is 24.9. The first-order valence-electron chi connectivity index (χ1n) is 5.98. The monoisotopic (exact) mass is 250 g/mol. The number of nitrogens with one attached hydrogen (secondary N) is 2. The van der Waals surface area contributed by atoms with Crippen molar-refractivity contribution >= 4 is 5.91 Å². The van der Waals surface area contributed by atoms with Crippen LogP contribution in [0.1, 0.15) is 32.6 Å². The number of aliphatic hydroxyl groups is 1. The summed E-state index contributed by atoms with van der Waals surface area (Å²) < 4.78 is 25.7. The molecule has 0 aliphatic carbocycles. The van der Waals surface area contributed by atoms with Gasteiger partial charge in [0.1, 0.15) is 6.61 Å². The van der Waals surface area contributed by atoms with Crippen molar-refractivity contribution in [2.75, 3.05) is 19.7 Å². The first-order valence-corrected chi connectivity index (χ1v) is 5.98. The van der Waals surface area contributed by atoms with Crippen LogP contribution in [-0.2, 0) is 4.79 Å². The predicted molar refractivity (Wildman–Crippen MR) is 59.9 cm³/mol. The van der Waals surface area contributed by atoms with E-state index in [1.165, 1.54) is 0 Å². The van der Waals surface area contributed by atoms with E-state index in [1.807, 2.05) is 6.92 Å². The Morgan fingerprint density at radius 1 is 1.59 bits per heavy atom. The molecule has 1 aliphatic heterocycles. The minimum Gasteiger partial charge on any atom is -0.390 e. The molecular formula is C11H20F2N2O2. The summed E-state index contributed by atoms with van der Waals surface area (Å²) in [5.41, 5.74) is -0.694. The Bertz CT molecular complexity index is 266. The van der Waals surface area contributed by atoms with Crippen LogP contribution in [0.15, 0.2) is 0 Å². The van der Waals surface area contributed by atoms with E-state index in [9.17, 15) is 13.6 Å². The topological polar surface area (TPSA) is 61.4 Å². The first kappa shape index (κ1) is 14.3. The average Bonchev–Trinajstić information content (AvgIpc) is 2.76. The Kier molecular flexibility index (Phi) is 4.82. The Labute approximate surface area is 99.8 Å². The maximum atomic E-state index is 12.8. The van der Waals surface area contributed by atoms with Crippen molar-refractivity contribution in [2.24, 2.45) is 0 Å². The van der Waals surface area contributed by atoms with E-state index < -0.39 is 24.6 Å². The van der Waals surface area contributed by atoms with Crippen molar-refractivity contribution in [3.63, 3.8) is 0 Å². The molecule has 1 heterocycles. The van der Waals surface area contributed by atoms with Crippen molar-refractivity contribution in [1.29, 1.82) is 0 Å². The quantitative estimate of drug-likeness (QED) is 0.648. The fraction of sp³-hybridized carbons (Fsp3) is 0.909. The van der Waals surface area contributed by atoms with Crippen LogP contribution >= 0.6 is 0 Å². The smallest absolute Gasteiger partial charge is 0.287 e. The van der Waals surface area contributed by atoms with Gasteiger partial charge in [-0.1, -0.05) is 13.3 Å². The molecule has 0 spiro atoms. The predicted octanol–water partition coefficient (Wildman–Crippen LogP) is 0.652. The van der Waals surface area contributed by atoms with Gasteiger partial charge in [0.15, 0.2) is 0 Å². The Morgan fingerprint density at radius 3 is 2.76 bits per heavy atom. The van der Waals surface area contributed by atoms with Gasteiger partial charge in [-0.15, -0.1) is 0 Å². The SMILES string of the molecule is CCCC1(C(=O)NCC(F)(F)CO)CCCN1. The van der Waals surface area contributed by atoms with Crippen LogP contribution in [0.2, 0.25) is 0 Å². The molecule has 1 atom stereocenters. The van der Waals surface area contributed by atoms with Crippen LogP contribution in [0.25, 0.3) is 0 Å². The van der Waals surface area contributed by atoms with Gasteiger partial charge in [-0.25, -0.2) is 8.78 Å². The van der Waals surface area contributed by atoms with Gasteiger partial charge in [-0.05, 0) is 25.8 Å². The van der Waals surface area contributed by atoms with Crippen LogP contribution in [0.3, 0.4) is 0 Å². The van der Waals surface area contributed by atoms with E-state index in [-0.39, 0.29) is 5.91 Å². The van der Waals surface area contributed by atoms with Gasteiger partial charge in [0.05, 0.1) is 12.1 Å². The van der Waals surface area contributed by atoms with Gasteiger partial charge in [-0.3, -0.25) is 4.79 Å². The molecule has 1 saturated heterocycles. The third kappa shape index (κ3) is 3.61. The minimum atomic E-state index is -3.25. The molecule has 1 rings (SSSR count). The van der Waals surface area contributed by atoms with Gasteiger partial charge in [0.25, 0.3) is 5.92 Å². The molecule has 0 saturated carbocycles. The second-order valence-electron chi connectivity index (χ2n) is 4.56. The van der Waals surface area contributed by atoms with E-state index in [2.05, 4.69) is 10.6 Å². The molecular weight excluding hydrogens is 230 g/mol. The van der Waals surface area contributed by atoms with E-state index in [4.69, 9.17) is 5.11 Å². The standard InChI is InChI=1S/C11H20F2N2O2/c1-2-4-10(5-3-6-15-10)9(17)14-7-11(12,13)8-16/h15-16H,2-8H2,1H3,(H,14,17). The van der Waals surface area contributed by atoms with Crippen LogP contribution in [0.4, 0.5) is 8.78 Å². The Balaban J connectivity index is 2.55. The zero-order chi connectivity index (χ0) is 12.9. The van der Waals surface area contributed by atoms with Gasteiger partial charge in [0.2, 0.25) is 5.91 Å². The number of aliphatic hydroxyl groups excluding tert-OH is 1. The number of halogens is 2. The third-order valence-electron chi connectivity index (χ3n) is 3.09. The van der Waals surface area contributed by atoms with Crippen molar-refractivity contribution in [2.45, 2.75) is 44.1 Å². The zero-order valence-corrected chi connectivity index (χ0v) is 10.1. The summed E-state index contributed by atoms with van der Waals surface area (Å²) in [5.74, 6) is -3.63. The minimum absolute atomic E-state index is 0.384. The maximum absolute atomic E-state index is 12.8. The van der Waals surface area contributed by atoms with Gasteiger partial charge in [-0.2, -0.15) is 0 Å². The fourth-order valence-corrected chi connectivity index (χ4v) is 2.19. The third-order valence-corrected chi connectivity index (χ3v) is 3.09. The highest BCUT2D eigenvalue weighted by molar-refractivity contribution is 5.86. The van der Waals surface area contributed by atoms with Gasteiger partial charge < -0.3 is 15.7 Å². The van der Waals surface area contributed by atoms with Crippen molar-refractivity contribution < 1.29 is 18.7 Å². The second kappa shape index (κ2) is 5.73. The molecule has 0 radical (unpaired) electrons. The first-order chi connectivity index (χ1) is 7.96. The number of rotatable bonds is 6. The lowest BCUT2D eigenvalue weighted by atomic mass is 9.91. The Morgan fingerprint density at radius 2 is 2.29 bits per heavy atom. The summed E-state index contributed by atoms with van der Waals surface area (Å²) in [4.78, 5) is 11.9. The average molecular weight is 250 g/mol. The molecule has 1 unspecified atom stereocenters. The number of hydrogen-bond donors (Lipinski definition) is 3. The lowest BCUT2D eigenvalue weighted by Crippen LogP contribution is -2.55. The summed E-state index contributed by atoms with van der Waals surface area (Å²) in [5, 5.41) is 13.8. The van der Waals surface area contributed by atoms with Crippen LogP contribution in [0.5, 0.6) is 0 Å². The lowest BCUT2D eigenvalue weighted by molar-refractivity contribution is -0.130. The van der Waals surface area contributed by atoms with Crippen LogP contribution in [-0.4, -0.2) is 42.2 Å². The molecule has 0 aromatic carbocycles. The summed E-state index contributed by atoms with van der Waals surface area (Å²) in [6, 6.07) is 0. The van der Waals surface area contributed by atoms with Crippen LogP contribution in [0, 0.1) is 0 Å². The molecule has 1 amide bonds. The van der Waals surface area contributed by atoms with E-state index >= 15 is 0 Å². The van der Waals surface area contributed by atoms with Crippen molar-refractivity contribution in [3.8, 4) is 0 Å². The number of amides is 1. The van der Waals surface area contributed by atoms with Gasteiger partial charge in [0, 0.05) is 0 Å². The Hall–Kier alpha value is -0.750. The molecule has 0 aromatic rings. The van der Waals surface area contributed by atoms with E-state index in [0.717, 1.165) is 19.4 Å². The highest BCUT2D eigenvalue weighted by Gasteiger charge is 2.41. The molecule has 1 fully saturated rings. The molecule has 100 valence electrons. The van der Waals surface area contributed by atoms with Gasteiger partial charge >= 0.3 is 0 Å². The summed E-state index contributed by atoms with van der Waals surface area (Å²) >= 11 is 0. The van der Waals surface area contributed by atoms with E-state index in [1.54, 1.807) is 0 Å². The van der Waals surface area contributed by atoms with Crippen molar-refractivity contribution in [3.05, 3.63) is 0 Å². The van der Waals surface area contributed by atoms with E-state index in [0.29, 0.717) is 12.8 Å². The lowest BCUT2D eigenvalue weighted by Gasteiger charge is -2.28. The molecule has 4 nitrogen and oxygen atoms in total. The molecule has 0 bridgehead atoms. The number of carbonyl (C=O) groups is 1. The highest BCUT2D eigenvalue weighted by Crippen LogP contribution is 2.25.